The van der Waals surface area contributed by atoms with Gasteiger partial charge >= 0.3 is 5.97 Å². The molecule has 22 heavy (non-hydrogen) atoms. The first kappa shape index (κ1) is 14.5. The highest BCUT2D eigenvalue weighted by atomic mass is 35.5. The van der Waals surface area contributed by atoms with Crippen LogP contribution in [0, 0.1) is 0 Å². The molecule has 2 aromatic carbocycles. The van der Waals surface area contributed by atoms with Gasteiger partial charge in [0.2, 0.25) is 0 Å². The second kappa shape index (κ2) is 5.73. The number of halogens is 1. The number of hydrogen-bond acceptors (Lipinski definition) is 4. The quantitative estimate of drug-likeness (QED) is 0.802. The van der Waals surface area contributed by atoms with E-state index in [-0.39, 0.29) is 0 Å². The lowest BCUT2D eigenvalue weighted by Gasteiger charge is -2.08. The first-order valence-electron chi connectivity index (χ1n) is 6.59. The van der Waals surface area contributed by atoms with Crippen LogP contribution in [0.5, 0.6) is 11.5 Å². The molecule has 1 aliphatic rings. The zero-order chi connectivity index (χ0) is 15.7. The molecule has 112 valence electrons. The molecule has 5 heteroatoms. The predicted octanol–water partition coefficient (Wildman–Crippen LogP) is 4.03. The van der Waals surface area contributed by atoms with Gasteiger partial charge in [0.15, 0.2) is 11.5 Å². The molecule has 0 spiro atoms. The zero-order valence-electron chi connectivity index (χ0n) is 12.1. The van der Waals surface area contributed by atoms with Crippen LogP contribution in [0.4, 0.5) is 0 Å². The summed E-state index contributed by atoms with van der Waals surface area (Å²) in [7, 11) is 3.15. The van der Waals surface area contributed by atoms with Crippen molar-refractivity contribution in [2.24, 2.45) is 0 Å². The molecule has 0 radical (unpaired) electrons. The Morgan fingerprint density at radius 2 is 1.86 bits per heavy atom. The van der Waals surface area contributed by atoms with E-state index in [4.69, 9.17) is 25.8 Å². The lowest BCUT2D eigenvalue weighted by Crippen LogP contribution is -1.94. The molecule has 4 nitrogen and oxygen atoms in total. The molecule has 0 unspecified atom stereocenters. The van der Waals surface area contributed by atoms with Gasteiger partial charge in [-0.2, -0.15) is 0 Å². The fourth-order valence-corrected chi connectivity index (χ4v) is 2.60. The van der Waals surface area contributed by atoms with E-state index in [1.54, 1.807) is 44.6 Å². The number of fused-ring (bicyclic) bond motifs is 1. The molecule has 3 rings (SSSR count). The molecule has 2 aromatic rings. The minimum absolute atomic E-state index is 0.387. The Labute approximate surface area is 132 Å². The van der Waals surface area contributed by atoms with Crippen LogP contribution >= 0.6 is 11.6 Å². The number of benzene rings is 2. The average Bonchev–Trinajstić information content (AvgIpc) is 2.84. The van der Waals surface area contributed by atoms with E-state index in [1.165, 1.54) is 0 Å². The van der Waals surface area contributed by atoms with Crippen LogP contribution in [0.3, 0.4) is 0 Å². The van der Waals surface area contributed by atoms with Gasteiger partial charge in [-0.15, -0.1) is 0 Å². The minimum atomic E-state index is -0.438. The van der Waals surface area contributed by atoms with Crippen molar-refractivity contribution in [3.8, 4) is 11.5 Å². The molecular formula is C17H13ClO4. The molecule has 0 saturated heterocycles. The van der Waals surface area contributed by atoms with E-state index in [0.717, 1.165) is 5.56 Å². The highest BCUT2D eigenvalue weighted by molar-refractivity contribution is 6.34. The van der Waals surface area contributed by atoms with Crippen LogP contribution < -0.4 is 9.47 Å². The Bertz CT molecular complexity index is 780. The molecule has 0 N–H and O–H groups in total. The number of cyclic esters (lactones) is 1. The Kier molecular flexibility index (Phi) is 3.77. The number of hydrogen-bond donors (Lipinski definition) is 0. The van der Waals surface area contributed by atoms with Crippen LogP contribution in [0.15, 0.2) is 36.4 Å². The van der Waals surface area contributed by atoms with Gasteiger partial charge in [0.05, 0.1) is 24.8 Å². The van der Waals surface area contributed by atoms with Crippen LogP contribution in [-0.4, -0.2) is 20.2 Å². The second-order valence-corrected chi connectivity index (χ2v) is 5.08. The van der Waals surface area contributed by atoms with Crippen LogP contribution in [0.25, 0.3) is 11.8 Å². The van der Waals surface area contributed by atoms with E-state index < -0.39 is 5.97 Å². The van der Waals surface area contributed by atoms with E-state index >= 15 is 0 Å². The summed E-state index contributed by atoms with van der Waals surface area (Å²) in [4.78, 5) is 11.9. The topological polar surface area (TPSA) is 44.8 Å². The molecule has 0 atom stereocenters. The zero-order valence-corrected chi connectivity index (χ0v) is 12.8. The monoisotopic (exact) mass is 316 g/mol. The molecule has 0 amide bonds. The highest BCUT2D eigenvalue weighted by Gasteiger charge is 2.28. The van der Waals surface area contributed by atoms with Crippen molar-refractivity contribution in [1.82, 2.24) is 0 Å². The number of carbonyl (C=O) groups is 1. The maximum atomic E-state index is 11.9. The summed E-state index contributed by atoms with van der Waals surface area (Å²) in [6.45, 7) is 0. The third-order valence-electron chi connectivity index (χ3n) is 3.39. The minimum Gasteiger partial charge on any atom is -0.493 e. The lowest BCUT2D eigenvalue weighted by atomic mass is 10.1. The number of rotatable bonds is 3. The molecule has 1 aliphatic heterocycles. The van der Waals surface area contributed by atoms with Gasteiger partial charge < -0.3 is 14.2 Å². The number of methoxy groups -OCH3 is 2. The largest absolute Gasteiger partial charge is 0.493 e. The van der Waals surface area contributed by atoms with Gasteiger partial charge in [-0.1, -0.05) is 29.8 Å². The first-order valence-corrected chi connectivity index (χ1v) is 6.96. The Balaban J connectivity index is 2.05. The summed E-state index contributed by atoms with van der Waals surface area (Å²) >= 11 is 6.06. The normalized spacial score (nSPS) is 14.7. The van der Waals surface area contributed by atoms with E-state index in [1.807, 2.05) is 12.1 Å². The summed E-state index contributed by atoms with van der Waals surface area (Å²) in [5.41, 5.74) is 1.91. The summed E-state index contributed by atoms with van der Waals surface area (Å²) in [6, 6.07) is 10.7. The van der Waals surface area contributed by atoms with Crippen molar-refractivity contribution in [2.75, 3.05) is 14.2 Å². The Morgan fingerprint density at radius 3 is 2.59 bits per heavy atom. The number of esters is 1. The molecule has 0 aromatic heterocycles. The standard InChI is InChI=1S/C17H13ClO4/c1-20-13-7-6-10(9-15(13)21-2)8-14-11-4-3-5-12(18)16(11)17(19)22-14/h3-9H,1-2H3. The molecule has 0 bridgehead atoms. The Morgan fingerprint density at radius 1 is 1.09 bits per heavy atom. The van der Waals surface area contributed by atoms with E-state index in [0.29, 0.717) is 33.4 Å². The summed E-state index contributed by atoms with van der Waals surface area (Å²) < 4.78 is 15.8. The maximum absolute atomic E-state index is 11.9. The maximum Gasteiger partial charge on any atom is 0.345 e. The van der Waals surface area contributed by atoms with Crippen molar-refractivity contribution < 1.29 is 19.0 Å². The van der Waals surface area contributed by atoms with Gasteiger partial charge in [0, 0.05) is 5.56 Å². The summed E-state index contributed by atoms with van der Waals surface area (Å²) in [5, 5.41) is 0.387. The second-order valence-electron chi connectivity index (χ2n) is 4.67. The third-order valence-corrected chi connectivity index (χ3v) is 3.71. The number of ether oxygens (including phenoxy) is 3. The molecule has 0 fully saturated rings. The summed E-state index contributed by atoms with van der Waals surface area (Å²) in [6.07, 6.45) is 1.77. The van der Waals surface area contributed by atoms with E-state index in [2.05, 4.69) is 0 Å². The number of carbonyl (C=O) groups excluding carboxylic acids is 1. The van der Waals surface area contributed by atoms with Gasteiger partial charge in [0.1, 0.15) is 5.76 Å². The van der Waals surface area contributed by atoms with Crippen molar-refractivity contribution >= 4 is 29.4 Å². The lowest BCUT2D eigenvalue weighted by molar-refractivity contribution is 0.0717. The fourth-order valence-electron chi connectivity index (χ4n) is 2.34. The Hall–Kier alpha value is -2.46. The van der Waals surface area contributed by atoms with Crippen LogP contribution in [0.1, 0.15) is 21.5 Å². The van der Waals surface area contributed by atoms with Gasteiger partial charge in [-0.05, 0) is 29.8 Å². The van der Waals surface area contributed by atoms with Crippen molar-refractivity contribution in [3.05, 3.63) is 58.1 Å². The van der Waals surface area contributed by atoms with Crippen LogP contribution in [0.2, 0.25) is 5.02 Å². The fraction of sp³-hybridized carbons (Fsp3) is 0.118. The summed E-state index contributed by atoms with van der Waals surface area (Å²) in [5.74, 6) is 1.27. The predicted molar refractivity (Wildman–Crippen MR) is 84.3 cm³/mol. The molecule has 1 heterocycles. The molecular weight excluding hydrogens is 304 g/mol. The van der Waals surface area contributed by atoms with Gasteiger partial charge in [-0.25, -0.2) is 4.79 Å². The smallest absolute Gasteiger partial charge is 0.345 e. The SMILES string of the molecule is COc1ccc(C=C2OC(=O)c3c(Cl)cccc32)cc1OC. The van der Waals surface area contributed by atoms with Crippen LogP contribution in [-0.2, 0) is 4.74 Å². The third kappa shape index (κ3) is 2.42. The van der Waals surface area contributed by atoms with E-state index in [9.17, 15) is 4.79 Å². The van der Waals surface area contributed by atoms with Crippen molar-refractivity contribution in [2.45, 2.75) is 0 Å². The average molecular weight is 317 g/mol. The highest BCUT2D eigenvalue weighted by Crippen LogP contribution is 2.36. The molecule has 0 aliphatic carbocycles. The molecule has 0 saturated carbocycles. The van der Waals surface area contributed by atoms with Gasteiger partial charge in [0.25, 0.3) is 0 Å². The van der Waals surface area contributed by atoms with Crippen molar-refractivity contribution in [1.29, 1.82) is 0 Å². The first-order chi connectivity index (χ1) is 10.6. The van der Waals surface area contributed by atoms with Gasteiger partial charge in [-0.3, -0.25) is 0 Å². The van der Waals surface area contributed by atoms with Crippen molar-refractivity contribution in [3.63, 3.8) is 0 Å².